The fourth-order valence-corrected chi connectivity index (χ4v) is 4.14. The second kappa shape index (κ2) is 8.00. The third-order valence-corrected chi connectivity index (χ3v) is 5.85. The minimum Gasteiger partial charge on any atom is -0.395 e. The molecule has 0 unspecified atom stereocenters. The van der Waals surface area contributed by atoms with Gasteiger partial charge in [-0.15, -0.1) is 0 Å². The van der Waals surface area contributed by atoms with E-state index < -0.39 is 0 Å². The number of halogens is 1. The molecule has 8 heteroatoms. The van der Waals surface area contributed by atoms with Gasteiger partial charge in [-0.05, 0) is 24.5 Å². The molecule has 2 fully saturated rings. The summed E-state index contributed by atoms with van der Waals surface area (Å²) in [6.07, 6.45) is 2.37. The van der Waals surface area contributed by atoms with Gasteiger partial charge in [-0.25, -0.2) is 0 Å². The first-order valence-corrected chi connectivity index (χ1v) is 10.2. The number of aliphatic hydroxyl groups is 1. The van der Waals surface area contributed by atoms with Crippen molar-refractivity contribution in [3.05, 3.63) is 40.4 Å². The summed E-state index contributed by atoms with van der Waals surface area (Å²) in [5.41, 5.74) is 7.18. The van der Waals surface area contributed by atoms with Crippen LogP contribution in [0.5, 0.6) is 0 Å². The topological polar surface area (TPSA) is 90.5 Å². The number of nitrogen functional groups attached to an aromatic ring is 1. The first-order valence-electron chi connectivity index (χ1n) is 9.39. The normalized spacial score (nSPS) is 20.7. The summed E-state index contributed by atoms with van der Waals surface area (Å²) in [6, 6.07) is 10.9. The van der Waals surface area contributed by atoms with Crippen molar-refractivity contribution in [3.8, 4) is 0 Å². The molecule has 0 radical (unpaired) electrons. The monoisotopic (exact) mass is 432 g/mol. The highest BCUT2D eigenvalue weighted by Crippen LogP contribution is 2.33. The van der Waals surface area contributed by atoms with Crippen LogP contribution in [0, 0.1) is 0 Å². The molecule has 144 valence electrons. The number of anilines is 3. The Kier molecular flexibility index (Phi) is 5.47. The molecular weight excluding hydrogens is 408 g/mol. The molecule has 0 spiro atoms. The minimum absolute atomic E-state index is 0.150. The van der Waals surface area contributed by atoms with Crippen molar-refractivity contribution in [2.75, 3.05) is 48.7 Å². The fraction of sp³-hybridized carbons (Fsp3) is 0.474. The number of nitrogens with one attached hydrogen (secondary N) is 1. The number of aromatic nitrogens is 2. The molecule has 2 heterocycles. The van der Waals surface area contributed by atoms with Gasteiger partial charge in [-0.3, -0.25) is 4.90 Å². The maximum Gasteiger partial charge on any atom is 0.223 e. The molecule has 1 saturated heterocycles. The number of nitrogens with zero attached hydrogens (tertiary/aromatic N) is 4. The van der Waals surface area contributed by atoms with Crippen molar-refractivity contribution in [1.29, 1.82) is 0 Å². The van der Waals surface area contributed by atoms with Gasteiger partial charge in [0.2, 0.25) is 5.95 Å². The van der Waals surface area contributed by atoms with Crippen LogP contribution < -0.4 is 16.0 Å². The van der Waals surface area contributed by atoms with Gasteiger partial charge in [0, 0.05) is 42.8 Å². The van der Waals surface area contributed by atoms with Crippen LogP contribution in [0.15, 0.2) is 34.8 Å². The summed E-state index contributed by atoms with van der Waals surface area (Å²) < 4.78 is 1.08. The summed E-state index contributed by atoms with van der Waals surface area (Å²) in [5, 5.41) is 12.9. The first kappa shape index (κ1) is 18.5. The molecule has 4 N–H and O–H groups in total. The van der Waals surface area contributed by atoms with E-state index in [4.69, 9.17) is 5.73 Å². The molecule has 1 aromatic heterocycles. The summed E-state index contributed by atoms with van der Waals surface area (Å²) in [4.78, 5) is 13.4. The third-order valence-electron chi connectivity index (χ3n) is 5.13. The molecule has 0 bridgehead atoms. The van der Waals surface area contributed by atoms with E-state index in [0.717, 1.165) is 35.7 Å². The molecule has 1 aromatic carbocycles. The number of β-amino-alcohol motifs (C(OH)–C–C–N with tert-alkyl or cyclic N) is 1. The predicted molar refractivity (Wildman–Crippen MR) is 111 cm³/mol. The number of hydrogen-bond donors (Lipinski definition) is 3. The van der Waals surface area contributed by atoms with Crippen LogP contribution in [0.25, 0.3) is 0 Å². The van der Waals surface area contributed by atoms with Gasteiger partial charge in [0.1, 0.15) is 11.6 Å². The second-order valence-electron chi connectivity index (χ2n) is 7.13. The summed E-state index contributed by atoms with van der Waals surface area (Å²) in [6.45, 7) is 3.27. The van der Waals surface area contributed by atoms with Crippen LogP contribution >= 0.6 is 15.9 Å². The molecule has 27 heavy (non-hydrogen) atoms. The standard InChI is InChI=1S/C19H25BrN6O/c20-15-4-2-1-3-14(15)16-12-26(8-7-25(16)9-10-27)18-11-17(22-13-5-6-13)23-19(21)24-18/h1-4,11,13,16,27H,5-10,12H2,(H3,21,22,23,24)/t16-/m0/s1. The van der Waals surface area contributed by atoms with Crippen molar-refractivity contribution < 1.29 is 5.11 Å². The van der Waals surface area contributed by atoms with Crippen molar-refractivity contribution >= 4 is 33.5 Å². The lowest BCUT2D eigenvalue weighted by atomic mass is 10.0. The first-order chi connectivity index (χ1) is 13.1. The maximum atomic E-state index is 9.49. The van der Waals surface area contributed by atoms with Gasteiger partial charge < -0.3 is 21.1 Å². The van der Waals surface area contributed by atoms with Crippen molar-refractivity contribution in [1.82, 2.24) is 14.9 Å². The van der Waals surface area contributed by atoms with Gasteiger partial charge in [0.25, 0.3) is 0 Å². The van der Waals surface area contributed by atoms with Crippen molar-refractivity contribution in [2.24, 2.45) is 0 Å². The minimum atomic E-state index is 0.150. The van der Waals surface area contributed by atoms with Gasteiger partial charge in [0.05, 0.1) is 12.6 Å². The van der Waals surface area contributed by atoms with E-state index in [1.807, 2.05) is 12.1 Å². The Morgan fingerprint density at radius 2 is 2.04 bits per heavy atom. The highest BCUT2D eigenvalue weighted by Gasteiger charge is 2.30. The second-order valence-corrected chi connectivity index (χ2v) is 7.99. The van der Waals surface area contributed by atoms with E-state index in [1.54, 1.807) is 0 Å². The lowest BCUT2D eigenvalue weighted by Crippen LogP contribution is -2.49. The molecule has 1 aliphatic heterocycles. The lowest BCUT2D eigenvalue weighted by Gasteiger charge is -2.42. The highest BCUT2D eigenvalue weighted by molar-refractivity contribution is 9.10. The summed E-state index contributed by atoms with van der Waals surface area (Å²) in [7, 11) is 0. The van der Waals surface area contributed by atoms with E-state index in [-0.39, 0.29) is 12.6 Å². The summed E-state index contributed by atoms with van der Waals surface area (Å²) >= 11 is 3.68. The Bertz CT molecular complexity index is 800. The lowest BCUT2D eigenvalue weighted by molar-refractivity contribution is 0.137. The van der Waals surface area contributed by atoms with Crippen LogP contribution in [0.3, 0.4) is 0 Å². The van der Waals surface area contributed by atoms with Gasteiger partial charge >= 0.3 is 0 Å². The molecule has 1 saturated carbocycles. The van der Waals surface area contributed by atoms with E-state index in [1.165, 1.54) is 18.4 Å². The molecule has 0 amide bonds. The average molecular weight is 433 g/mol. The molecule has 7 nitrogen and oxygen atoms in total. The molecule has 2 aromatic rings. The van der Waals surface area contributed by atoms with Crippen LogP contribution in [-0.4, -0.2) is 58.8 Å². The van der Waals surface area contributed by atoms with Gasteiger partial charge in [-0.2, -0.15) is 9.97 Å². The molecule has 1 atom stereocenters. The summed E-state index contributed by atoms with van der Waals surface area (Å²) in [5.74, 6) is 1.95. The average Bonchev–Trinajstić information content (AvgIpc) is 3.46. The van der Waals surface area contributed by atoms with E-state index in [9.17, 15) is 5.11 Å². The van der Waals surface area contributed by atoms with Crippen molar-refractivity contribution in [2.45, 2.75) is 24.9 Å². The van der Waals surface area contributed by atoms with Gasteiger partial charge in [-0.1, -0.05) is 34.1 Å². The van der Waals surface area contributed by atoms with Crippen molar-refractivity contribution in [3.63, 3.8) is 0 Å². The zero-order valence-corrected chi connectivity index (χ0v) is 16.8. The van der Waals surface area contributed by atoms with E-state index in [0.29, 0.717) is 18.5 Å². The number of piperazine rings is 1. The number of rotatable bonds is 6. The largest absolute Gasteiger partial charge is 0.395 e. The van der Waals surface area contributed by atoms with Gasteiger partial charge in [0.15, 0.2) is 0 Å². The van der Waals surface area contributed by atoms with Crippen LogP contribution in [0.1, 0.15) is 24.4 Å². The number of benzene rings is 1. The Morgan fingerprint density at radius 3 is 2.78 bits per heavy atom. The van der Waals surface area contributed by atoms with E-state index >= 15 is 0 Å². The molecule has 4 rings (SSSR count). The Balaban J connectivity index is 1.59. The third kappa shape index (κ3) is 4.34. The van der Waals surface area contributed by atoms with E-state index in [2.05, 4.69) is 59.2 Å². The van der Waals surface area contributed by atoms with Crippen LogP contribution in [-0.2, 0) is 0 Å². The predicted octanol–water partition coefficient (Wildman–Crippen LogP) is 2.25. The maximum absolute atomic E-state index is 9.49. The zero-order valence-electron chi connectivity index (χ0n) is 15.2. The fourth-order valence-electron chi connectivity index (χ4n) is 3.59. The highest BCUT2D eigenvalue weighted by atomic mass is 79.9. The zero-order chi connectivity index (χ0) is 18.8. The molecule has 1 aliphatic carbocycles. The van der Waals surface area contributed by atoms with Crippen LogP contribution in [0.4, 0.5) is 17.6 Å². The molecule has 2 aliphatic rings. The quantitative estimate of drug-likeness (QED) is 0.644. The molecular formula is C19H25BrN6O. The Morgan fingerprint density at radius 1 is 1.22 bits per heavy atom. The smallest absolute Gasteiger partial charge is 0.223 e. The van der Waals surface area contributed by atoms with Crippen LogP contribution in [0.2, 0.25) is 0 Å². The Hall–Kier alpha value is -1.90. The number of aliphatic hydroxyl groups excluding tert-OH is 1. The SMILES string of the molecule is Nc1nc(NC2CC2)cc(N2CCN(CCO)[C@H](c3ccccc3Br)C2)n1. The number of hydrogen-bond acceptors (Lipinski definition) is 7. The Labute approximate surface area is 167 Å². The number of nitrogens with two attached hydrogens (primary N) is 1.